The zero-order valence-corrected chi connectivity index (χ0v) is 18.7. The summed E-state index contributed by atoms with van der Waals surface area (Å²) in [6.45, 7) is 1.81. The molecule has 4 rings (SSSR count). The summed E-state index contributed by atoms with van der Waals surface area (Å²) in [7, 11) is -3.62. The molecule has 1 aliphatic heterocycles. The minimum absolute atomic E-state index is 0.224. The van der Waals surface area contributed by atoms with Gasteiger partial charge in [-0.15, -0.1) is 0 Å². The van der Waals surface area contributed by atoms with Crippen LogP contribution in [-0.4, -0.2) is 24.4 Å². The van der Waals surface area contributed by atoms with E-state index in [0.717, 1.165) is 40.3 Å². The van der Waals surface area contributed by atoms with Gasteiger partial charge in [-0.2, -0.15) is 16.9 Å². The molecular formula is C23H24FN3O2S2. The molecule has 8 heteroatoms. The molecular weight excluding hydrogens is 433 g/mol. The Hall–Kier alpha value is -2.42. The number of H-pyrrole nitrogens is 1. The van der Waals surface area contributed by atoms with Crippen molar-refractivity contribution in [3.8, 4) is 0 Å². The van der Waals surface area contributed by atoms with E-state index >= 15 is 0 Å². The third-order valence-corrected chi connectivity index (χ3v) is 7.65. The van der Waals surface area contributed by atoms with E-state index in [1.54, 1.807) is 30.0 Å². The summed E-state index contributed by atoms with van der Waals surface area (Å²) in [5.74, 6) is 1.69. The van der Waals surface area contributed by atoms with E-state index < -0.39 is 10.0 Å². The lowest BCUT2D eigenvalue weighted by atomic mass is 9.94. The van der Waals surface area contributed by atoms with Crippen LogP contribution in [0.2, 0.25) is 0 Å². The second-order valence-corrected chi connectivity index (χ2v) is 10.3. The number of aromatic nitrogens is 2. The summed E-state index contributed by atoms with van der Waals surface area (Å²) in [5.41, 5.74) is 4.67. The maximum absolute atomic E-state index is 13.2. The molecule has 1 unspecified atom stereocenters. The normalized spacial score (nSPS) is 17.5. The van der Waals surface area contributed by atoms with Crippen LogP contribution in [0, 0.1) is 5.82 Å². The first-order valence-electron chi connectivity index (χ1n) is 10.1. The van der Waals surface area contributed by atoms with E-state index in [4.69, 9.17) is 0 Å². The van der Waals surface area contributed by atoms with Gasteiger partial charge in [-0.05, 0) is 42.7 Å². The smallest absolute Gasteiger partial charge is 0.234 e. The lowest BCUT2D eigenvalue weighted by Crippen LogP contribution is -2.24. The maximum Gasteiger partial charge on any atom is 0.234 e. The largest absolute Gasteiger partial charge is 0.281 e. The van der Waals surface area contributed by atoms with Gasteiger partial charge in [-0.1, -0.05) is 42.5 Å². The summed E-state index contributed by atoms with van der Waals surface area (Å²) in [4.78, 5) is 0. The number of thioether (sulfide) groups is 1. The van der Waals surface area contributed by atoms with Crippen molar-refractivity contribution in [3.63, 3.8) is 0 Å². The Balaban J connectivity index is 1.48. The quantitative estimate of drug-likeness (QED) is 0.536. The van der Waals surface area contributed by atoms with E-state index in [9.17, 15) is 12.8 Å². The summed E-state index contributed by atoms with van der Waals surface area (Å²) >= 11 is 1.80. The molecule has 3 aromatic rings. The second kappa shape index (κ2) is 9.38. The molecule has 2 atom stereocenters. The standard InChI is InChI=1S/C23H24FN3O2S2/c1-16(18-5-3-2-4-6-18)27-31(28,29)12-11-22-21-15-30-14-19(23(21)26-25-22)13-17-7-9-20(24)10-8-17/h2-12,16,19,27H,13-15H2,1H3,(H,25,26)/t16-,19?/m0/s1. The molecule has 31 heavy (non-hydrogen) atoms. The number of aromatic amines is 1. The average Bonchev–Trinajstić information content (AvgIpc) is 3.18. The van der Waals surface area contributed by atoms with Crippen LogP contribution in [0.3, 0.4) is 0 Å². The van der Waals surface area contributed by atoms with E-state index in [1.165, 1.54) is 17.5 Å². The van der Waals surface area contributed by atoms with Crippen molar-refractivity contribution < 1.29 is 12.8 Å². The number of sulfonamides is 1. The molecule has 0 radical (unpaired) electrons. The lowest BCUT2D eigenvalue weighted by molar-refractivity contribution is 0.576. The lowest BCUT2D eigenvalue weighted by Gasteiger charge is -2.22. The first kappa shape index (κ1) is 21.8. The summed E-state index contributed by atoms with van der Waals surface area (Å²) < 4.78 is 40.9. The zero-order valence-electron chi connectivity index (χ0n) is 17.1. The molecule has 0 saturated carbocycles. The molecule has 1 aromatic heterocycles. The predicted molar refractivity (Wildman–Crippen MR) is 124 cm³/mol. The Labute approximate surface area is 186 Å². The van der Waals surface area contributed by atoms with Crippen molar-refractivity contribution >= 4 is 27.9 Å². The van der Waals surface area contributed by atoms with Gasteiger partial charge in [-0.3, -0.25) is 5.10 Å². The SMILES string of the molecule is C[C@H](NS(=O)(=O)C=Cc1n[nH]c2c1CSCC2Cc1ccc(F)cc1)c1ccccc1. The van der Waals surface area contributed by atoms with E-state index in [0.29, 0.717) is 5.69 Å². The predicted octanol–water partition coefficient (Wildman–Crippen LogP) is 4.77. The van der Waals surface area contributed by atoms with Gasteiger partial charge in [0.1, 0.15) is 5.82 Å². The fourth-order valence-corrected chi connectivity index (χ4v) is 5.93. The Kier molecular flexibility index (Phi) is 6.60. The van der Waals surface area contributed by atoms with Gasteiger partial charge in [0.25, 0.3) is 0 Å². The third kappa shape index (κ3) is 5.44. The number of halogens is 1. The van der Waals surface area contributed by atoms with Gasteiger partial charge in [0.2, 0.25) is 10.0 Å². The Morgan fingerprint density at radius 1 is 1.23 bits per heavy atom. The highest BCUT2D eigenvalue weighted by Gasteiger charge is 2.25. The molecule has 0 aliphatic carbocycles. The van der Waals surface area contributed by atoms with Gasteiger partial charge in [0.15, 0.2) is 0 Å². The molecule has 162 valence electrons. The Morgan fingerprint density at radius 3 is 2.71 bits per heavy atom. The van der Waals surface area contributed by atoms with Crippen LogP contribution in [-0.2, 0) is 22.2 Å². The van der Waals surface area contributed by atoms with Crippen LogP contribution in [0.15, 0.2) is 60.0 Å². The number of benzene rings is 2. The van der Waals surface area contributed by atoms with Crippen molar-refractivity contribution in [1.82, 2.24) is 14.9 Å². The molecule has 0 fully saturated rings. The molecule has 1 aliphatic rings. The number of nitrogens with one attached hydrogen (secondary N) is 2. The highest BCUT2D eigenvalue weighted by atomic mass is 32.2. The van der Waals surface area contributed by atoms with Crippen molar-refractivity contribution in [2.75, 3.05) is 5.75 Å². The van der Waals surface area contributed by atoms with Gasteiger partial charge >= 0.3 is 0 Å². The van der Waals surface area contributed by atoms with Crippen LogP contribution in [0.1, 0.15) is 47.0 Å². The van der Waals surface area contributed by atoms with E-state index in [1.807, 2.05) is 37.3 Å². The average molecular weight is 458 g/mol. The van der Waals surface area contributed by atoms with E-state index in [-0.39, 0.29) is 17.8 Å². The molecule has 5 nitrogen and oxygen atoms in total. The second-order valence-electron chi connectivity index (χ2n) is 7.64. The van der Waals surface area contributed by atoms with Crippen LogP contribution in [0.4, 0.5) is 4.39 Å². The minimum Gasteiger partial charge on any atom is -0.281 e. The molecule has 2 N–H and O–H groups in total. The molecule has 0 bridgehead atoms. The van der Waals surface area contributed by atoms with Gasteiger partial charge in [0.05, 0.1) is 5.69 Å². The van der Waals surface area contributed by atoms with Crippen LogP contribution in [0.5, 0.6) is 0 Å². The van der Waals surface area contributed by atoms with Gasteiger partial charge < -0.3 is 0 Å². The van der Waals surface area contributed by atoms with Crippen molar-refractivity contribution in [1.29, 1.82) is 0 Å². The fraction of sp³-hybridized carbons (Fsp3) is 0.261. The molecule has 0 saturated heterocycles. The van der Waals surface area contributed by atoms with Crippen LogP contribution in [0.25, 0.3) is 6.08 Å². The van der Waals surface area contributed by atoms with Gasteiger partial charge in [0, 0.05) is 40.1 Å². The number of hydrogen-bond acceptors (Lipinski definition) is 4. The van der Waals surface area contributed by atoms with E-state index in [2.05, 4.69) is 14.9 Å². The number of nitrogens with zero attached hydrogens (tertiary/aromatic N) is 1. The third-order valence-electron chi connectivity index (χ3n) is 5.35. The molecule has 2 heterocycles. The fourth-order valence-electron chi connectivity index (χ4n) is 3.72. The zero-order chi connectivity index (χ0) is 21.8. The van der Waals surface area contributed by atoms with Crippen molar-refractivity contribution in [2.24, 2.45) is 0 Å². The highest BCUT2D eigenvalue weighted by Crippen LogP contribution is 2.36. The minimum atomic E-state index is -3.62. The number of hydrogen-bond donors (Lipinski definition) is 2. The van der Waals surface area contributed by atoms with Crippen LogP contribution >= 0.6 is 11.8 Å². The highest BCUT2D eigenvalue weighted by molar-refractivity contribution is 7.98. The monoisotopic (exact) mass is 457 g/mol. The van der Waals surface area contributed by atoms with Crippen LogP contribution < -0.4 is 4.72 Å². The molecule has 0 amide bonds. The topological polar surface area (TPSA) is 74.8 Å². The Bertz CT molecular complexity index is 1160. The summed E-state index contributed by atoms with van der Waals surface area (Å²) in [6.07, 6.45) is 2.33. The first-order chi connectivity index (χ1) is 14.9. The summed E-state index contributed by atoms with van der Waals surface area (Å²) in [5, 5.41) is 8.65. The number of rotatable bonds is 7. The molecule has 0 spiro atoms. The van der Waals surface area contributed by atoms with Gasteiger partial charge in [-0.25, -0.2) is 17.5 Å². The van der Waals surface area contributed by atoms with Crippen molar-refractivity contribution in [3.05, 3.63) is 93.9 Å². The maximum atomic E-state index is 13.2. The molecule has 2 aromatic carbocycles. The first-order valence-corrected chi connectivity index (χ1v) is 12.8. The van der Waals surface area contributed by atoms with Crippen molar-refractivity contribution in [2.45, 2.75) is 31.1 Å². The number of fused-ring (bicyclic) bond motifs is 1. The Morgan fingerprint density at radius 2 is 1.97 bits per heavy atom. The summed E-state index contributed by atoms with van der Waals surface area (Å²) in [6, 6.07) is 15.7.